The van der Waals surface area contributed by atoms with Crippen LogP contribution in [-0.2, 0) is 6.54 Å². The summed E-state index contributed by atoms with van der Waals surface area (Å²) in [4.78, 5) is 0. The van der Waals surface area contributed by atoms with Gasteiger partial charge in [0.1, 0.15) is 0 Å². The van der Waals surface area contributed by atoms with E-state index in [4.69, 9.17) is 0 Å². The zero-order valence-corrected chi connectivity index (χ0v) is 18.8. The summed E-state index contributed by atoms with van der Waals surface area (Å²) in [5, 5.41) is 3.55. The van der Waals surface area contributed by atoms with Gasteiger partial charge < -0.3 is 5.32 Å². The molecule has 28 heavy (non-hydrogen) atoms. The standard InChI is InChI=1S/C27H47N/c1-2-3-4-5-6-7-8-9-10-11-12-13-14-15-16-17-18-22-25-28-26-27-23-20-19-21-24-27/h9-10,19-21,23-24,28H,2-8,11-18,22,25-26H2,1H3/b10-9-. The summed E-state index contributed by atoms with van der Waals surface area (Å²) in [5.74, 6) is 0. The van der Waals surface area contributed by atoms with Crippen molar-refractivity contribution in [2.45, 2.75) is 116 Å². The van der Waals surface area contributed by atoms with Crippen molar-refractivity contribution >= 4 is 0 Å². The molecule has 0 bridgehead atoms. The summed E-state index contributed by atoms with van der Waals surface area (Å²) in [6.45, 7) is 4.45. The molecule has 1 heteroatoms. The molecule has 0 aliphatic rings. The lowest BCUT2D eigenvalue weighted by Gasteiger charge is -2.05. The Bertz CT molecular complexity index is 437. The van der Waals surface area contributed by atoms with Gasteiger partial charge in [-0.2, -0.15) is 0 Å². The monoisotopic (exact) mass is 385 g/mol. The summed E-state index contributed by atoms with van der Waals surface area (Å²) in [6.07, 6.45) is 27.1. The van der Waals surface area contributed by atoms with Crippen molar-refractivity contribution in [3.8, 4) is 0 Å². The van der Waals surface area contributed by atoms with Crippen LogP contribution in [0, 0.1) is 0 Å². The van der Waals surface area contributed by atoms with E-state index in [1.54, 1.807) is 0 Å². The third-order valence-corrected chi connectivity index (χ3v) is 5.54. The van der Waals surface area contributed by atoms with E-state index in [1.165, 1.54) is 108 Å². The van der Waals surface area contributed by atoms with Gasteiger partial charge in [0.25, 0.3) is 0 Å². The third-order valence-electron chi connectivity index (χ3n) is 5.54. The molecule has 0 aliphatic carbocycles. The Labute approximate surface area is 176 Å². The van der Waals surface area contributed by atoms with Gasteiger partial charge in [0.15, 0.2) is 0 Å². The highest BCUT2D eigenvalue weighted by atomic mass is 14.8. The van der Waals surface area contributed by atoms with Gasteiger partial charge in [-0.3, -0.25) is 0 Å². The Hall–Kier alpha value is -1.08. The predicted molar refractivity (Wildman–Crippen MR) is 127 cm³/mol. The van der Waals surface area contributed by atoms with Crippen LogP contribution in [0.25, 0.3) is 0 Å². The maximum Gasteiger partial charge on any atom is 0.0205 e. The average molecular weight is 386 g/mol. The summed E-state index contributed by atoms with van der Waals surface area (Å²) in [7, 11) is 0. The van der Waals surface area contributed by atoms with Crippen molar-refractivity contribution in [3.05, 3.63) is 48.0 Å². The summed E-state index contributed by atoms with van der Waals surface area (Å²) in [5.41, 5.74) is 1.39. The fourth-order valence-electron chi connectivity index (χ4n) is 3.68. The van der Waals surface area contributed by atoms with Crippen molar-refractivity contribution < 1.29 is 0 Å². The van der Waals surface area contributed by atoms with Gasteiger partial charge in [-0.25, -0.2) is 0 Å². The molecule has 1 N–H and O–H groups in total. The minimum absolute atomic E-state index is 1.01. The number of allylic oxidation sites excluding steroid dienone is 2. The summed E-state index contributed by atoms with van der Waals surface area (Å²) >= 11 is 0. The van der Waals surface area contributed by atoms with Crippen LogP contribution >= 0.6 is 0 Å². The van der Waals surface area contributed by atoms with Gasteiger partial charge in [-0.05, 0) is 44.2 Å². The van der Waals surface area contributed by atoms with E-state index >= 15 is 0 Å². The topological polar surface area (TPSA) is 12.0 Å². The van der Waals surface area contributed by atoms with Gasteiger partial charge >= 0.3 is 0 Å². The van der Waals surface area contributed by atoms with Gasteiger partial charge in [0.05, 0.1) is 0 Å². The molecule has 0 fully saturated rings. The minimum atomic E-state index is 1.01. The van der Waals surface area contributed by atoms with Crippen LogP contribution in [-0.4, -0.2) is 6.54 Å². The Kier molecular flexibility index (Phi) is 18.4. The molecule has 0 saturated carbocycles. The average Bonchev–Trinajstić information content (AvgIpc) is 2.73. The number of unbranched alkanes of at least 4 members (excludes halogenated alkanes) is 14. The van der Waals surface area contributed by atoms with Crippen LogP contribution < -0.4 is 5.32 Å². The van der Waals surface area contributed by atoms with Crippen LogP contribution in [0.3, 0.4) is 0 Å². The molecular formula is C27H47N. The molecule has 0 aromatic heterocycles. The molecule has 0 radical (unpaired) electrons. The summed E-state index contributed by atoms with van der Waals surface area (Å²) in [6, 6.07) is 10.7. The molecule has 0 aliphatic heterocycles. The second-order valence-electron chi connectivity index (χ2n) is 8.31. The largest absolute Gasteiger partial charge is 0.313 e. The molecule has 0 amide bonds. The molecule has 0 heterocycles. The predicted octanol–water partition coefficient (Wildman–Crippen LogP) is 8.59. The quantitative estimate of drug-likeness (QED) is 0.175. The first-order valence-corrected chi connectivity index (χ1v) is 12.3. The van der Waals surface area contributed by atoms with E-state index in [0.717, 1.165) is 13.1 Å². The first-order valence-electron chi connectivity index (χ1n) is 12.3. The third kappa shape index (κ3) is 17.0. The first kappa shape index (κ1) is 25.0. The Morgan fingerprint density at radius 3 is 1.68 bits per heavy atom. The smallest absolute Gasteiger partial charge is 0.0205 e. The lowest BCUT2D eigenvalue weighted by atomic mass is 10.1. The Morgan fingerprint density at radius 1 is 0.607 bits per heavy atom. The number of hydrogen-bond donors (Lipinski definition) is 1. The molecule has 0 saturated heterocycles. The molecule has 0 unspecified atom stereocenters. The first-order chi connectivity index (χ1) is 13.9. The van der Waals surface area contributed by atoms with Crippen molar-refractivity contribution in [1.82, 2.24) is 5.32 Å². The van der Waals surface area contributed by atoms with Crippen LogP contribution in [0.5, 0.6) is 0 Å². The van der Waals surface area contributed by atoms with Gasteiger partial charge in [-0.1, -0.05) is 120 Å². The second-order valence-corrected chi connectivity index (χ2v) is 8.31. The van der Waals surface area contributed by atoms with Gasteiger partial charge in [-0.15, -0.1) is 0 Å². The van der Waals surface area contributed by atoms with Crippen LogP contribution in [0.2, 0.25) is 0 Å². The Balaban J connectivity index is 1.71. The SMILES string of the molecule is CCCCCCCC/C=C\CCCCCCCCCCNCc1ccccc1. The molecule has 1 aromatic rings. The number of nitrogens with one attached hydrogen (secondary N) is 1. The zero-order chi connectivity index (χ0) is 20.0. The van der Waals surface area contributed by atoms with E-state index in [2.05, 4.69) is 54.7 Å². The van der Waals surface area contributed by atoms with Crippen molar-refractivity contribution in [3.63, 3.8) is 0 Å². The molecule has 1 rings (SSSR count). The van der Waals surface area contributed by atoms with E-state index in [0.29, 0.717) is 0 Å². The number of hydrogen-bond acceptors (Lipinski definition) is 1. The van der Waals surface area contributed by atoms with E-state index in [9.17, 15) is 0 Å². The lowest BCUT2D eigenvalue weighted by Crippen LogP contribution is -2.14. The molecular weight excluding hydrogens is 338 g/mol. The highest BCUT2D eigenvalue weighted by Gasteiger charge is 1.94. The van der Waals surface area contributed by atoms with Crippen LogP contribution in [0.4, 0.5) is 0 Å². The van der Waals surface area contributed by atoms with E-state index < -0.39 is 0 Å². The normalized spacial score (nSPS) is 11.5. The van der Waals surface area contributed by atoms with Crippen molar-refractivity contribution in [2.24, 2.45) is 0 Å². The van der Waals surface area contributed by atoms with E-state index in [-0.39, 0.29) is 0 Å². The number of benzene rings is 1. The number of rotatable bonds is 20. The maximum absolute atomic E-state index is 3.55. The molecule has 160 valence electrons. The Morgan fingerprint density at radius 2 is 1.11 bits per heavy atom. The maximum atomic E-state index is 3.55. The van der Waals surface area contributed by atoms with Crippen molar-refractivity contribution in [1.29, 1.82) is 0 Å². The molecule has 0 atom stereocenters. The molecule has 1 nitrogen and oxygen atoms in total. The molecule has 1 aromatic carbocycles. The zero-order valence-electron chi connectivity index (χ0n) is 18.8. The highest BCUT2D eigenvalue weighted by Crippen LogP contribution is 2.11. The fourth-order valence-corrected chi connectivity index (χ4v) is 3.68. The van der Waals surface area contributed by atoms with Gasteiger partial charge in [0.2, 0.25) is 0 Å². The minimum Gasteiger partial charge on any atom is -0.313 e. The fraction of sp³-hybridized carbons (Fsp3) is 0.704. The second kappa shape index (κ2) is 20.6. The molecule has 0 spiro atoms. The summed E-state index contributed by atoms with van der Waals surface area (Å²) < 4.78 is 0. The lowest BCUT2D eigenvalue weighted by molar-refractivity contribution is 0.551. The highest BCUT2D eigenvalue weighted by molar-refractivity contribution is 5.14. The van der Waals surface area contributed by atoms with E-state index in [1.807, 2.05) is 0 Å². The van der Waals surface area contributed by atoms with Crippen LogP contribution in [0.1, 0.15) is 115 Å². The van der Waals surface area contributed by atoms with Crippen LogP contribution in [0.15, 0.2) is 42.5 Å². The van der Waals surface area contributed by atoms with Crippen molar-refractivity contribution in [2.75, 3.05) is 6.54 Å². The van der Waals surface area contributed by atoms with Gasteiger partial charge in [0, 0.05) is 6.54 Å².